The summed E-state index contributed by atoms with van der Waals surface area (Å²) in [5, 5.41) is 9.52. The number of carbonyl (C=O) groups excluding carboxylic acids is 1. The average molecular weight is 246 g/mol. The highest BCUT2D eigenvalue weighted by molar-refractivity contribution is 5.82. The second-order valence-electron chi connectivity index (χ2n) is 6.63. The molecule has 3 aliphatic carbocycles. The van der Waals surface area contributed by atoms with Gasteiger partial charge in [-0.15, -0.1) is 0 Å². The average Bonchev–Trinajstić information content (AvgIpc) is 2.38. The lowest BCUT2D eigenvalue weighted by Crippen LogP contribution is -2.36. The maximum absolute atomic E-state index is 11.5. The lowest BCUT2D eigenvalue weighted by Gasteiger charge is -2.44. The van der Waals surface area contributed by atoms with E-state index in [1.807, 2.05) is 0 Å². The highest BCUT2D eigenvalue weighted by Crippen LogP contribution is 2.50. The largest absolute Gasteiger partial charge is 0.396 e. The molecule has 0 saturated heterocycles. The first-order valence-corrected chi connectivity index (χ1v) is 7.13. The monoisotopic (exact) mass is 246 g/mol. The normalized spacial score (nSPS) is 39.6. The van der Waals surface area contributed by atoms with Crippen LogP contribution in [0.3, 0.4) is 0 Å². The van der Waals surface area contributed by atoms with Crippen LogP contribution in [0.4, 0.5) is 0 Å². The predicted octanol–water partition coefficient (Wildman–Crippen LogP) is 3.02. The zero-order chi connectivity index (χ0) is 12.8. The standard InChI is InChI=1S/C16H22O2/c1-16(10-17)7-6-15-12(9-16)3-2-11-8-13(18)4-5-14(11)15/h2-3,14-15,17H,4-10H2,1H3. The van der Waals surface area contributed by atoms with Crippen molar-refractivity contribution in [1.82, 2.24) is 0 Å². The van der Waals surface area contributed by atoms with Crippen LogP contribution in [0.25, 0.3) is 0 Å². The highest BCUT2D eigenvalue weighted by atomic mass is 16.3. The van der Waals surface area contributed by atoms with Crippen molar-refractivity contribution in [2.24, 2.45) is 17.3 Å². The van der Waals surface area contributed by atoms with Crippen LogP contribution < -0.4 is 0 Å². The summed E-state index contributed by atoms with van der Waals surface area (Å²) >= 11 is 0. The molecule has 0 heterocycles. The number of hydrogen-bond acceptors (Lipinski definition) is 2. The molecule has 2 saturated carbocycles. The molecule has 2 fully saturated rings. The Morgan fingerprint density at radius 1 is 1.28 bits per heavy atom. The van der Waals surface area contributed by atoms with Gasteiger partial charge < -0.3 is 5.11 Å². The molecule has 0 aromatic rings. The van der Waals surface area contributed by atoms with Gasteiger partial charge in [0.05, 0.1) is 0 Å². The fourth-order valence-electron chi connectivity index (χ4n) is 3.98. The van der Waals surface area contributed by atoms with Crippen molar-refractivity contribution in [1.29, 1.82) is 0 Å². The first-order valence-electron chi connectivity index (χ1n) is 7.13. The minimum absolute atomic E-state index is 0.0815. The second-order valence-corrected chi connectivity index (χ2v) is 6.63. The smallest absolute Gasteiger partial charge is 0.136 e. The van der Waals surface area contributed by atoms with E-state index in [1.54, 1.807) is 0 Å². The van der Waals surface area contributed by atoms with Crippen molar-refractivity contribution in [2.45, 2.75) is 45.4 Å². The van der Waals surface area contributed by atoms with Gasteiger partial charge in [0, 0.05) is 19.4 Å². The third-order valence-corrected chi connectivity index (χ3v) is 5.16. The Morgan fingerprint density at radius 3 is 2.78 bits per heavy atom. The molecule has 98 valence electrons. The van der Waals surface area contributed by atoms with Gasteiger partial charge in [0.15, 0.2) is 0 Å². The summed E-state index contributed by atoms with van der Waals surface area (Å²) in [6.45, 7) is 2.48. The molecule has 3 aliphatic rings. The molecule has 0 aromatic carbocycles. The number of Topliss-reactive ketones (excluding diaryl/α,β-unsaturated/α-hetero) is 1. The number of allylic oxidation sites excluding steroid dienone is 4. The SMILES string of the molecule is CC1(CO)CCC2C(=CC=C3CC(=O)CCC32)C1. The van der Waals surface area contributed by atoms with Crippen LogP contribution in [0, 0.1) is 17.3 Å². The summed E-state index contributed by atoms with van der Waals surface area (Å²) in [5.74, 6) is 1.68. The Kier molecular flexibility index (Phi) is 2.93. The van der Waals surface area contributed by atoms with Gasteiger partial charge in [-0.1, -0.05) is 30.2 Å². The van der Waals surface area contributed by atoms with Gasteiger partial charge in [-0.25, -0.2) is 0 Å². The van der Waals surface area contributed by atoms with Crippen LogP contribution in [0.5, 0.6) is 0 Å². The van der Waals surface area contributed by atoms with Crippen LogP contribution in [0.2, 0.25) is 0 Å². The maximum Gasteiger partial charge on any atom is 0.136 e. The van der Waals surface area contributed by atoms with Crippen molar-refractivity contribution >= 4 is 5.78 Å². The first-order chi connectivity index (χ1) is 8.61. The Labute approximate surface area is 109 Å². The predicted molar refractivity (Wildman–Crippen MR) is 71.0 cm³/mol. The number of hydrogen-bond donors (Lipinski definition) is 1. The molecule has 1 N–H and O–H groups in total. The van der Waals surface area contributed by atoms with E-state index in [-0.39, 0.29) is 12.0 Å². The molecule has 2 heteroatoms. The van der Waals surface area contributed by atoms with Crippen molar-refractivity contribution in [3.05, 3.63) is 23.3 Å². The van der Waals surface area contributed by atoms with Crippen LogP contribution in [0.15, 0.2) is 23.3 Å². The third-order valence-electron chi connectivity index (χ3n) is 5.16. The molecular formula is C16H22O2. The molecule has 0 bridgehead atoms. The minimum Gasteiger partial charge on any atom is -0.396 e. The molecule has 0 amide bonds. The van der Waals surface area contributed by atoms with Crippen LogP contribution >= 0.6 is 0 Å². The van der Waals surface area contributed by atoms with E-state index in [4.69, 9.17) is 0 Å². The number of aliphatic hydroxyl groups excluding tert-OH is 1. The Hall–Kier alpha value is -0.890. The summed E-state index contributed by atoms with van der Waals surface area (Å²) < 4.78 is 0. The van der Waals surface area contributed by atoms with Gasteiger partial charge in [-0.3, -0.25) is 4.79 Å². The second kappa shape index (κ2) is 4.34. The fraction of sp³-hybridized carbons (Fsp3) is 0.688. The fourth-order valence-corrected chi connectivity index (χ4v) is 3.98. The zero-order valence-corrected chi connectivity index (χ0v) is 11.1. The van der Waals surface area contributed by atoms with Crippen LogP contribution in [-0.2, 0) is 4.79 Å². The van der Waals surface area contributed by atoms with E-state index in [0.717, 1.165) is 25.7 Å². The van der Waals surface area contributed by atoms with Crippen molar-refractivity contribution in [2.75, 3.05) is 6.61 Å². The Bertz CT molecular complexity index is 432. The number of ketones is 1. The highest BCUT2D eigenvalue weighted by Gasteiger charge is 2.40. The summed E-state index contributed by atoms with van der Waals surface area (Å²) in [4.78, 5) is 11.5. The Morgan fingerprint density at radius 2 is 2.00 bits per heavy atom. The topological polar surface area (TPSA) is 37.3 Å². The zero-order valence-electron chi connectivity index (χ0n) is 11.1. The van der Waals surface area contributed by atoms with Gasteiger partial charge in [-0.05, 0) is 42.9 Å². The first kappa shape index (κ1) is 12.2. The molecule has 2 nitrogen and oxygen atoms in total. The van der Waals surface area contributed by atoms with Gasteiger partial charge in [-0.2, -0.15) is 0 Å². The van der Waals surface area contributed by atoms with E-state index >= 15 is 0 Å². The van der Waals surface area contributed by atoms with Crippen molar-refractivity contribution in [3.8, 4) is 0 Å². The molecule has 0 spiro atoms. The number of aliphatic hydroxyl groups is 1. The van der Waals surface area contributed by atoms with Crippen molar-refractivity contribution in [3.63, 3.8) is 0 Å². The molecule has 0 aliphatic heterocycles. The summed E-state index contributed by atoms with van der Waals surface area (Å²) in [6, 6.07) is 0. The van der Waals surface area contributed by atoms with E-state index < -0.39 is 0 Å². The number of fused-ring (bicyclic) bond motifs is 3. The molecule has 3 atom stereocenters. The quantitative estimate of drug-likeness (QED) is 0.772. The third kappa shape index (κ3) is 1.97. The summed E-state index contributed by atoms with van der Waals surface area (Å²) in [7, 11) is 0. The van der Waals surface area contributed by atoms with Crippen LogP contribution in [-0.4, -0.2) is 17.5 Å². The molecule has 0 radical (unpaired) electrons. The number of carbonyl (C=O) groups is 1. The van der Waals surface area contributed by atoms with Gasteiger partial charge in [0.25, 0.3) is 0 Å². The molecule has 18 heavy (non-hydrogen) atoms. The lowest BCUT2D eigenvalue weighted by atomic mass is 9.61. The van der Waals surface area contributed by atoms with Crippen LogP contribution in [0.1, 0.15) is 45.4 Å². The lowest BCUT2D eigenvalue weighted by molar-refractivity contribution is -0.119. The van der Waals surface area contributed by atoms with E-state index in [1.165, 1.54) is 17.6 Å². The Balaban J connectivity index is 1.85. The summed E-state index contributed by atoms with van der Waals surface area (Å²) in [6.07, 6.45) is 10.2. The molecule has 0 aromatic heterocycles. The van der Waals surface area contributed by atoms with E-state index in [0.29, 0.717) is 24.0 Å². The molecule has 3 rings (SSSR count). The summed E-state index contributed by atoms with van der Waals surface area (Å²) in [5.41, 5.74) is 2.96. The van der Waals surface area contributed by atoms with Gasteiger partial charge in [0.2, 0.25) is 0 Å². The van der Waals surface area contributed by atoms with Crippen molar-refractivity contribution < 1.29 is 9.90 Å². The molecular weight excluding hydrogens is 224 g/mol. The molecule has 3 unspecified atom stereocenters. The van der Waals surface area contributed by atoms with Gasteiger partial charge >= 0.3 is 0 Å². The van der Waals surface area contributed by atoms with Gasteiger partial charge in [0.1, 0.15) is 5.78 Å². The number of rotatable bonds is 1. The minimum atomic E-state index is 0.0815. The maximum atomic E-state index is 11.5. The van der Waals surface area contributed by atoms with E-state index in [9.17, 15) is 9.90 Å². The van der Waals surface area contributed by atoms with E-state index in [2.05, 4.69) is 19.1 Å².